The molecule has 0 fully saturated rings. The summed E-state index contributed by atoms with van der Waals surface area (Å²) < 4.78 is 10.3. The van der Waals surface area contributed by atoms with Crippen molar-refractivity contribution in [1.29, 1.82) is 0 Å². The molecule has 0 amide bonds. The molecule has 0 heterocycles. The molecule has 2 aromatic rings. The lowest BCUT2D eigenvalue weighted by molar-refractivity contribution is 0.0510. The Kier molecular flexibility index (Phi) is 4.60. The summed E-state index contributed by atoms with van der Waals surface area (Å²) in [6, 6.07) is 14.8. The summed E-state index contributed by atoms with van der Waals surface area (Å²) in [7, 11) is 1.54. The maximum absolute atomic E-state index is 12.0. The van der Waals surface area contributed by atoms with E-state index in [1.807, 2.05) is 30.3 Å². The van der Waals surface area contributed by atoms with Crippen LogP contribution in [0.25, 0.3) is 0 Å². The van der Waals surface area contributed by atoms with E-state index >= 15 is 0 Å². The van der Waals surface area contributed by atoms with Gasteiger partial charge < -0.3 is 15.2 Å². The molecule has 0 aliphatic heterocycles. The normalized spacial score (nSPS) is 10.1. The van der Waals surface area contributed by atoms with Crippen LogP contribution in [0.5, 0.6) is 5.75 Å². The Balaban J connectivity index is 1.95. The second-order valence-electron chi connectivity index (χ2n) is 4.32. The van der Waals surface area contributed by atoms with Crippen LogP contribution in [0.4, 0.5) is 5.69 Å². The highest BCUT2D eigenvalue weighted by Crippen LogP contribution is 2.20. The minimum atomic E-state index is -0.433. The Bertz CT molecular complexity index is 582. The number of methoxy groups -OCH3 is 1. The van der Waals surface area contributed by atoms with Gasteiger partial charge in [0.15, 0.2) is 0 Å². The summed E-state index contributed by atoms with van der Waals surface area (Å²) in [6.07, 6.45) is 0.677. The molecule has 0 unspecified atom stereocenters. The lowest BCUT2D eigenvalue weighted by Gasteiger charge is -2.08. The summed E-state index contributed by atoms with van der Waals surface area (Å²) in [5, 5.41) is 0. The van der Waals surface area contributed by atoms with Gasteiger partial charge in [0.25, 0.3) is 0 Å². The molecular formula is C16H17NO3. The van der Waals surface area contributed by atoms with Gasteiger partial charge in [0.1, 0.15) is 5.75 Å². The first-order valence-corrected chi connectivity index (χ1v) is 6.35. The van der Waals surface area contributed by atoms with Gasteiger partial charge in [-0.2, -0.15) is 0 Å². The highest BCUT2D eigenvalue weighted by atomic mass is 16.5. The number of carbonyl (C=O) groups excluding carboxylic acids is 1. The van der Waals surface area contributed by atoms with Crippen LogP contribution >= 0.6 is 0 Å². The molecule has 2 rings (SSSR count). The molecule has 0 saturated carbocycles. The predicted octanol–water partition coefficient (Wildman–Crippen LogP) is 2.68. The van der Waals surface area contributed by atoms with Crippen molar-refractivity contribution < 1.29 is 14.3 Å². The largest absolute Gasteiger partial charge is 0.497 e. The fourth-order valence-corrected chi connectivity index (χ4v) is 1.82. The lowest BCUT2D eigenvalue weighted by atomic mass is 10.1. The molecule has 0 aliphatic rings. The third kappa shape index (κ3) is 3.51. The number of ether oxygens (including phenoxy) is 2. The smallest absolute Gasteiger partial charge is 0.340 e. The fourth-order valence-electron chi connectivity index (χ4n) is 1.82. The first-order valence-electron chi connectivity index (χ1n) is 6.35. The molecule has 0 aliphatic carbocycles. The van der Waals surface area contributed by atoms with Crippen molar-refractivity contribution in [1.82, 2.24) is 0 Å². The summed E-state index contributed by atoms with van der Waals surface area (Å²) in [5.74, 6) is 0.145. The van der Waals surface area contributed by atoms with Crippen LogP contribution in [-0.4, -0.2) is 19.7 Å². The van der Waals surface area contributed by atoms with E-state index in [-0.39, 0.29) is 0 Å². The first-order chi connectivity index (χ1) is 9.70. The quantitative estimate of drug-likeness (QED) is 0.671. The van der Waals surface area contributed by atoms with Gasteiger partial charge in [0.05, 0.1) is 19.3 Å². The van der Waals surface area contributed by atoms with Crippen LogP contribution in [0.1, 0.15) is 15.9 Å². The van der Waals surface area contributed by atoms with E-state index in [0.717, 1.165) is 5.56 Å². The molecule has 2 N–H and O–H groups in total. The van der Waals surface area contributed by atoms with Crippen molar-refractivity contribution in [3.8, 4) is 5.75 Å². The molecular weight excluding hydrogens is 254 g/mol. The maximum Gasteiger partial charge on any atom is 0.340 e. The molecule has 0 bridgehead atoms. The third-order valence-corrected chi connectivity index (χ3v) is 2.95. The summed E-state index contributed by atoms with van der Waals surface area (Å²) in [4.78, 5) is 12.0. The van der Waals surface area contributed by atoms with Crippen molar-refractivity contribution in [2.45, 2.75) is 6.42 Å². The zero-order valence-electron chi connectivity index (χ0n) is 11.3. The number of anilines is 1. The Morgan fingerprint density at radius 3 is 2.60 bits per heavy atom. The molecule has 104 valence electrons. The van der Waals surface area contributed by atoms with E-state index in [1.54, 1.807) is 18.2 Å². The van der Waals surface area contributed by atoms with Crippen LogP contribution < -0.4 is 10.5 Å². The van der Waals surface area contributed by atoms with Gasteiger partial charge in [-0.15, -0.1) is 0 Å². The van der Waals surface area contributed by atoms with Crippen LogP contribution in [0, 0.1) is 0 Å². The molecule has 2 aromatic carbocycles. The zero-order chi connectivity index (χ0) is 14.4. The Morgan fingerprint density at radius 1 is 1.15 bits per heavy atom. The SMILES string of the molecule is COc1ccc(N)c(C(=O)OCCc2ccccc2)c1. The van der Waals surface area contributed by atoms with E-state index < -0.39 is 5.97 Å². The van der Waals surface area contributed by atoms with Gasteiger partial charge >= 0.3 is 5.97 Å². The van der Waals surface area contributed by atoms with Gasteiger partial charge in [-0.3, -0.25) is 0 Å². The Morgan fingerprint density at radius 2 is 1.90 bits per heavy atom. The Hall–Kier alpha value is -2.49. The molecule has 4 heteroatoms. The number of hydrogen-bond acceptors (Lipinski definition) is 4. The van der Waals surface area contributed by atoms with Crippen molar-refractivity contribution in [2.24, 2.45) is 0 Å². The molecule has 0 atom stereocenters. The van der Waals surface area contributed by atoms with E-state index in [2.05, 4.69) is 0 Å². The zero-order valence-corrected chi connectivity index (χ0v) is 11.3. The number of rotatable bonds is 5. The number of esters is 1. The van der Waals surface area contributed by atoms with Crippen molar-refractivity contribution in [3.63, 3.8) is 0 Å². The van der Waals surface area contributed by atoms with Gasteiger partial charge in [-0.25, -0.2) is 4.79 Å². The number of nitrogens with two attached hydrogens (primary N) is 1. The van der Waals surface area contributed by atoms with Crippen molar-refractivity contribution >= 4 is 11.7 Å². The summed E-state index contributed by atoms with van der Waals surface area (Å²) in [5.41, 5.74) is 7.61. The number of benzene rings is 2. The van der Waals surface area contributed by atoms with Gasteiger partial charge in [0, 0.05) is 12.1 Å². The Labute approximate surface area is 118 Å². The lowest BCUT2D eigenvalue weighted by Crippen LogP contribution is -2.10. The van der Waals surface area contributed by atoms with Gasteiger partial charge in [-0.05, 0) is 23.8 Å². The standard InChI is InChI=1S/C16H17NO3/c1-19-13-7-8-15(17)14(11-13)16(18)20-10-9-12-5-3-2-4-6-12/h2-8,11H,9-10,17H2,1H3. The van der Waals surface area contributed by atoms with E-state index in [0.29, 0.717) is 30.0 Å². The minimum absolute atomic E-state index is 0.319. The van der Waals surface area contributed by atoms with Crippen molar-refractivity contribution in [3.05, 3.63) is 59.7 Å². The molecule has 0 saturated heterocycles. The molecule has 0 spiro atoms. The molecule has 4 nitrogen and oxygen atoms in total. The molecule has 20 heavy (non-hydrogen) atoms. The first kappa shape index (κ1) is 13.9. The van der Waals surface area contributed by atoms with Crippen LogP contribution in [-0.2, 0) is 11.2 Å². The van der Waals surface area contributed by atoms with Gasteiger partial charge in [-0.1, -0.05) is 30.3 Å². The van der Waals surface area contributed by atoms with E-state index in [9.17, 15) is 4.79 Å². The van der Waals surface area contributed by atoms with Crippen molar-refractivity contribution in [2.75, 3.05) is 19.5 Å². The van der Waals surface area contributed by atoms with Crippen LogP contribution in [0.3, 0.4) is 0 Å². The van der Waals surface area contributed by atoms with E-state index in [1.165, 1.54) is 7.11 Å². The number of hydrogen-bond donors (Lipinski definition) is 1. The van der Waals surface area contributed by atoms with Crippen LogP contribution in [0.2, 0.25) is 0 Å². The average molecular weight is 271 g/mol. The topological polar surface area (TPSA) is 61.5 Å². The van der Waals surface area contributed by atoms with E-state index in [4.69, 9.17) is 15.2 Å². The minimum Gasteiger partial charge on any atom is -0.497 e. The predicted molar refractivity (Wildman–Crippen MR) is 77.8 cm³/mol. The van der Waals surface area contributed by atoms with Crippen LogP contribution in [0.15, 0.2) is 48.5 Å². The summed E-state index contributed by atoms with van der Waals surface area (Å²) >= 11 is 0. The summed E-state index contributed by atoms with van der Waals surface area (Å²) in [6.45, 7) is 0.319. The number of nitrogen functional groups attached to an aromatic ring is 1. The average Bonchev–Trinajstić information content (AvgIpc) is 2.48. The highest BCUT2D eigenvalue weighted by molar-refractivity contribution is 5.95. The molecule has 0 aromatic heterocycles. The monoisotopic (exact) mass is 271 g/mol. The third-order valence-electron chi connectivity index (χ3n) is 2.95. The van der Waals surface area contributed by atoms with Gasteiger partial charge in [0.2, 0.25) is 0 Å². The fraction of sp³-hybridized carbons (Fsp3) is 0.188. The maximum atomic E-state index is 12.0. The highest BCUT2D eigenvalue weighted by Gasteiger charge is 2.12. The molecule has 0 radical (unpaired) electrons. The second-order valence-corrected chi connectivity index (χ2v) is 4.32. The number of carbonyl (C=O) groups is 1. The second kappa shape index (κ2) is 6.61.